The maximum Gasteiger partial charge on any atom is 0.261 e. The molecule has 0 spiro atoms. The predicted octanol–water partition coefficient (Wildman–Crippen LogP) is 4.52. The number of carbonyl (C=O) groups is 2. The number of aryl methyl sites for hydroxylation is 1. The van der Waals surface area contributed by atoms with E-state index in [4.69, 9.17) is 4.74 Å². The van der Waals surface area contributed by atoms with E-state index in [0.717, 1.165) is 21.2 Å². The molecule has 0 aliphatic rings. The van der Waals surface area contributed by atoms with E-state index in [1.807, 2.05) is 85.8 Å². The van der Waals surface area contributed by atoms with Crippen LogP contribution in [0.25, 0.3) is 0 Å². The van der Waals surface area contributed by atoms with Gasteiger partial charge in [-0.2, -0.15) is 0 Å². The Morgan fingerprint density at radius 1 is 0.969 bits per heavy atom. The highest BCUT2D eigenvalue weighted by atomic mass is 79.9. The molecule has 32 heavy (non-hydrogen) atoms. The van der Waals surface area contributed by atoms with E-state index in [1.54, 1.807) is 11.9 Å². The van der Waals surface area contributed by atoms with Gasteiger partial charge in [0.2, 0.25) is 5.91 Å². The topological polar surface area (TPSA) is 58.6 Å². The zero-order valence-corrected chi connectivity index (χ0v) is 19.8. The number of likely N-dealkylation sites (N-methyl/N-ethyl adjacent to an activating group) is 1. The number of nitrogens with zero attached hydrogens (tertiary/aromatic N) is 1. The molecule has 1 atom stereocenters. The first-order chi connectivity index (χ1) is 15.5. The van der Waals surface area contributed by atoms with Crippen molar-refractivity contribution >= 4 is 27.7 Å². The van der Waals surface area contributed by atoms with Gasteiger partial charge < -0.3 is 15.0 Å². The summed E-state index contributed by atoms with van der Waals surface area (Å²) in [5.41, 5.74) is 3.01. The molecule has 5 nitrogen and oxygen atoms in total. The van der Waals surface area contributed by atoms with Crippen LogP contribution in [0, 0.1) is 6.92 Å². The number of benzene rings is 3. The lowest BCUT2D eigenvalue weighted by Gasteiger charge is -2.31. The van der Waals surface area contributed by atoms with Gasteiger partial charge in [-0.1, -0.05) is 76.1 Å². The van der Waals surface area contributed by atoms with Crippen LogP contribution in [0.3, 0.4) is 0 Å². The number of halogens is 1. The van der Waals surface area contributed by atoms with E-state index < -0.39 is 6.04 Å². The summed E-state index contributed by atoms with van der Waals surface area (Å²) in [6, 6.07) is 24.3. The van der Waals surface area contributed by atoms with Crippen molar-refractivity contribution in [2.45, 2.75) is 25.9 Å². The Balaban J connectivity index is 1.86. The molecular weight excluding hydrogens is 468 g/mol. The van der Waals surface area contributed by atoms with Crippen molar-refractivity contribution in [1.29, 1.82) is 0 Å². The SMILES string of the molecule is CNC(=O)C(Cc1ccccc1)N(Cc1cccc(Br)c1)C(=O)COc1ccc(C)cc1. The third-order valence-corrected chi connectivity index (χ3v) is 5.64. The summed E-state index contributed by atoms with van der Waals surface area (Å²) in [5, 5.41) is 2.71. The van der Waals surface area contributed by atoms with Crippen LogP contribution in [0.2, 0.25) is 0 Å². The number of hydrogen-bond donors (Lipinski definition) is 1. The van der Waals surface area contributed by atoms with Gasteiger partial charge in [0.15, 0.2) is 6.61 Å². The molecule has 0 aromatic heterocycles. The fourth-order valence-corrected chi connectivity index (χ4v) is 3.86. The largest absolute Gasteiger partial charge is 0.484 e. The summed E-state index contributed by atoms with van der Waals surface area (Å²) in [6.07, 6.45) is 0.408. The molecule has 0 radical (unpaired) electrons. The fourth-order valence-electron chi connectivity index (χ4n) is 3.42. The monoisotopic (exact) mass is 494 g/mol. The van der Waals surface area contributed by atoms with E-state index >= 15 is 0 Å². The van der Waals surface area contributed by atoms with Crippen molar-refractivity contribution in [3.05, 3.63) is 100 Å². The fraction of sp³-hybridized carbons (Fsp3) is 0.231. The molecule has 0 aliphatic carbocycles. The zero-order chi connectivity index (χ0) is 22.9. The molecule has 2 amide bonds. The lowest BCUT2D eigenvalue weighted by Crippen LogP contribution is -2.51. The molecule has 3 rings (SSSR count). The Morgan fingerprint density at radius 3 is 2.31 bits per heavy atom. The smallest absolute Gasteiger partial charge is 0.261 e. The second kappa shape index (κ2) is 11.5. The Morgan fingerprint density at radius 2 is 1.66 bits per heavy atom. The molecule has 166 valence electrons. The van der Waals surface area contributed by atoms with Gasteiger partial charge >= 0.3 is 0 Å². The molecule has 3 aromatic carbocycles. The Hall–Kier alpha value is -3.12. The van der Waals surface area contributed by atoms with E-state index in [1.165, 1.54) is 0 Å². The average Bonchev–Trinajstić information content (AvgIpc) is 2.81. The first-order valence-corrected chi connectivity index (χ1v) is 11.2. The van der Waals surface area contributed by atoms with Crippen molar-refractivity contribution in [2.75, 3.05) is 13.7 Å². The van der Waals surface area contributed by atoms with Crippen LogP contribution in [-0.2, 0) is 22.6 Å². The van der Waals surface area contributed by atoms with Gasteiger partial charge in [-0.15, -0.1) is 0 Å². The Kier molecular flexibility index (Phi) is 8.45. The third-order valence-electron chi connectivity index (χ3n) is 5.14. The summed E-state index contributed by atoms with van der Waals surface area (Å²) in [7, 11) is 1.59. The number of hydrogen-bond acceptors (Lipinski definition) is 3. The molecule has 0 heterocycles. The highest BCUT2D eigenvalue weighted by Gasteiger charge is 2.30. The van der Waals surface area contributed by atoms with Gasteiger partial charge in [0.25, 0.3) is 5.91 Å². The molecule has 1 N–H and O–H groups in total. The van der Waals surface area contributed by atoms with E-state index in [2.05, 4.69) is 21.2 Å². The highest BCUT2D eigenvalue weighted by molar-refractivity contribution is 9.10. The van der Waals surface area contributed by atoms with Gasteiger partial charge in [-0.3, -0.25) is 9.59 Å². The summed E-state index contributed by atoms with van der Waals surface area (Å²) in [5.74, 6) is 0.147. The standard InChI is InChI=1S/C26H27BrN2O3/c1-19-11-13-23(14-12-19)32-18-25(30)29(17-21-9-6-10-22(27)15-21)24(26(31)28-2)16-20-7-4-3-5-8-20/h3-15,24H,16-18H2,1-2H3,(H,28,31). The molecule has 0 aliphatic heterocycles. The first-order valence-electron chi connectivity index (χ1n) is 10.4. The maximum absolute atomic E-state index is 13.3. The normalized spacial score (nSPS) is 11.5. The third kappa shape index (κ3) is 6.69. The van der Waals surface area contributed by atoms with Crippen molar-refractivity contribution < 1.29 is 14.3 Å². The summed E-state index contributed by atoms with van der Waals surface area (Å²) < 4.78 is 6.66. The Labute approximate surface area is 197 Å². The van der Waals surface area contributed by atoms with Gasteiger partial charge in [0.05, 0.1) is 0 Å². The minimum absolute atomic E-state index is 0.153. The molecule has 3 aromatic rings. The van der Waals surface area contributed by atoms with Gasteiger partial charge in [0.1, 0.15) is 11.8 Å². The predicted molar refractivity (Wildman–Crippen MR) is 129 cm³/mol. The van der Waals surface area contributed by atoms with Crippen molar-refractivity contribution in [1.82, 2.24) is 10.2 Å². The van der Waals surface area contributed by atoms with Crippen LogP contribution in [0.15, 0.2) is 83.3 Å². The summed E-state index contributed by atoms with van der Waals surface area (Å²) in [6.45, 7) is 2.13. The van der Waals surface area contributed by atoms with Crippen LogP contribution in [-0.4, -0.2) is 36.4 Å². The second-order valence-corrected chi connectivity index (χ2v) is 8.49. The lowest BCUT2D eigenvalue weighted by atomic mass is 10.0. The van der Waals surface area contributed by atoms with Crippen LogP contribution in [0.1, 0.15) is 16.7 Å². The lowest BCUT2D eigenvalue weighted by molar-refractivity contribution is -0.142. The number of carbonyl (C=O) groups excluding carboxylic acids is 2. The van der Waals surface area contributed by atoms with Crippen LogP contribution in [0.4, 0.5) is 0 Å². The summed E-state index contributed by atoms with van der Waals surface area (Å²) >= 11 is 3.48. The van der Waals surface area contributed by atoms with Crippen molar-refractivity contribution in [3.63, 3.8) is 0 Å². The van der Waals surface area contributed by atoms with E-state index in [9.17, 15) is 9.59 Å². The molecular formula is C26H27BrN2O3. The van der Waals surface area contributed by atoms with E-state index in [-0.39, 0.29) is 18.4 Å². The van der Waals surface area contributed by atoms with Crippen LogP contribution >= 0.6 is 15.9 Å². The van der Waals surface area contributed by atoms with Crippen LogP contribution < -0.4 is 10.1 Å². The van der Waals surface area contributed by atoms with Crippen LogP contribution in [0.5, 0.6) is 5.75 Å². The maximum atomic E-state index is 13.3. The van der Waals surface area contributed by atoms with Crippen molar-refractivity contribution in [3.8, 4) is 5.75 Å². The number of ether oxygens (including phenoxy) is 1. The number of amides is 2. The average molecular weight is 495 g/mol. The van der Waals surface area contributed by atoms with E-state index in [0.29, 0.717) is 18.7 Å². The minimum atomic E-state index is -0.671. The van der Waals surface area contributed by atoms with Crippen molar-refractivity contribution in [2.24, 2.45) is 0 Å². The molecule has 0 bridgehead atoms. The number of nitrogens with one attached hydrogen (secondary N) is 1. The number of rotatable bonds is 9. The second-order valence-electron chi connectivity index (χ2n) is 7.57. The quantitative estimate of drug-likeness (QED) is 0.475. The Bertz CT molecular complexity index is 1040. The summed E-state index contributed by atoms with van der Waals surface area (Å²) in [4.78, 5) is 27.8. The van der Waals surface area contributed by atoms with Gasteiger partial charge in [-0.05, 0) is 42.3 Å². The molecule has 6 heteroatoms. The molecule has 0 saturated carbocycles. The highest BCUT2D eigenvalue weighted by Crippen LogP contribution is 2.18. The van der Waals surface area contributed by atoms with Gasteiger partial charge in [-0.25, -0.2) is 0 Å². The molecule has 0 fully saturated rings. The molecule has 1 unspecified atom stereocenters. The first kappa shape index (κ1) is 23.5. The zero-order valence-electron chi connectivity index (χ0n) is 18.3. The molecule has 0 saturated heterocycles. The minimum Gasteiger partial charge on any atom is -0.484 e. The van der Waals surface area contributed by atoms with Gasteiger partial charge in [0, 0.05) is 24.5 Å².